The van der Waals surface area contributed by atoms with Gasteiger partial charge in [0.05, 0.1) is 5.41 Å². The smallest absolute Gasteiger partial charge is 0.407 e. The number of rotatable bonds is 9. The number of carboxylic acids is 1. The van der Waals surface area contributed by atoms with Gasteiger partial charge in [0.1, 0.15) is 6.61 Å². The number of hydrogen-bond acceptors (Lipinski definition) is 6. The number of benzene rings is 2. The largest absolute Gasteiger partial charge is 0.479 e. The van der Waals surface area contributed by atoms with E-state index in [9.17, 15) is 19.5 Å². The summed E-state index contributed by atoms with van der Waals surface area (Å²) < 4.78 is 11.0. The maximum Gasteiger partial charge on any atom is 0.407 e. The Kier molecular flexibility index (Phi) is 7.67. The molecule has 186 valence electrons. The van der Waals surface area contributed by atoms with Gasteiger partial charge in [0.25, 0.3) is 0 Å². The summed E-state index contributed by atoms with van der Waals surface area (Å²) in [7, 11) is 0. The molecular formula is C26H30N2O7. The van der Waals surface area contributed by atoms with Gasteiger partial charge in [0.15, 0.2) is 6.10 Å². The minimum Gasteiger partial charge on any atom is -0.479 e. The first-order valence-corrected chi connectivity index (χ1v) is 11.8. The quantitative estimate of drug-likeness (QED) is 0.431. The molecule has 2 aliphatic rings. The van der Waals surface area contributed by atoms with Gasteiger partial charge in [-0.3, -0.25) is 4.79 Å². The molecule has 1 saturated heterocycles. The standard InChI is InChI=1S/C26H30N2O7/c29-22(23(30)31)9-12-27-24(32)26(10-13-34-14-11-26)16-28-25(33)35-15-21-19-7-3-1-5-17(19)18-6-2-4-8-20(18)21/h1-8,21-22,29H,9-16H2,(H,27,32)(H,28,33)(H,30,31)/t22-/m0/s1. The molecule has 1 atom stereocenters. The number of aliphatic carboxylic acids is 1. The number of alkyl carbamates (subject to hydrolysis) is 1. The molecule has 2 aromatic carbocycles. The van der Waals surface area contributed by atoms with Crippen LogP contribution in [0, 0.1) is 5.41 Å². The lowest BCUT2D eigenvalue weighted by molar-refractivity contribution is -0.147. The lowest BCUT2D eigenvalue weighted by atomic mass is 9.79. The fourth-order valence-electron chi connectivity index (χ4n) is 4.77. The van der Waals surface area contributed by atoms with Crippen molar-refractivity contribution in [2.24, 2.45) is 5.41 Å². The number of amides is 2. The van der Waals surface area contributed by atoms with Crippen molar-refractivity contribution in [2.75, 3.05) is 32.9 Å². The molecule has 0 bridgehead atoms. The van der Waals surface area contributed by atoms with Crippen LogP contribution in [0.2, 0.25) is 0 Å². The van der Waals surface area contributed by atoms with E-state index in [2.05, 4.69) is 22.8 Å². The van der Waals surface area contributed by atoms with Crippen LogP contribution in [0.5, 0.6) is 0 Å². The van der Waals surface area contributed by atoms with E-state index in [1.54, 1.807) is 0 Å². The SMILES string of the molecule is O=C(NCC1(C(=O)NCC[C@H](O)C(=O)O)CCOCC1)OCC1c2ccccc2-c2ccccc21. The second-order valence-corrected chi connectivity index (χ2v) is 8.97. The van der Waals surface area contributed by atoms with Crippen molar-refractivity contribution in [1.29, 1.82) is 0 Å². The molecule has 2 aromatic rings. The Morgan fingerprint density at radius 2 is 1.60 bits per heavy atom. The summed E-state index contributed by atoms with van der Waals surface area (Å²) in [4.78, 5) is 36.3. The van der Waals surface area contributed by atoms with Gasteiger partial charge < -0.3 is 30.3 Å². The molecule has 0 radical (unpaired) electrons. The third-order valence-corrected chi connectivity index (χ3v) is 6.83. The zero-order valence-corrected chi connectivity index (χ0v) is 19.4. The molecule has 9 heteroatoms. The van der Waals surface area contributed by atoms with Crippen LogP contribution in [0.25, 0.3) is 11.1 Å². The predicted molar refractivity (Wildman–Crippen MR) is 127 cm³/mol. The van der Waals surface area contributed by atoms with Crippen LogP contribution in [0.4, 0.5) is 4.79 Å². The number of nitrogens with one attached hydrogen (secondary N) is 2. The van der Waals surface area contributed by atoms with E-state index < -0.39 is 23.6 Å². The summed E-state index contributed by atoms with van der Waals surface area (Å²) in [6.45, 7) is 1.00. The summed E-state index contributed by atoms with van der Waals surface area (Å²) in [5.74, 6) is -1.71. The number of aliphatic hydroxyl groups excluding tert-OH is 1. The first-order valence-electron chi connectivity index (χ1n) is 11.8. The van der Waals surface area contributed by atoms with Gasteiger partial charge in [-0.2, -0.15) is 0 Å². The van der Waals surface area contributed by atoms with E-state index in [1.165, 1.54) is 0 Å². The molecule has 0 unspecified atom stereocenters. The topological polar surface area (TPSA) is 134 Å². The number of carboxylic acid groups (broad SMARTS) is 1. The summed E-state index contributed by atoms with van der Waals surface area (Å²) in [6, 6.07) is 16.2. The van der Waals surface area contributed by atoms with Crippen molar-refractivity contribution in [2.45, 2.75) is 31.3 Å². The highest BCUT2D eigenvalue weighted by Crippen LogP contribution is 2.44. The Morgan fingerprint density at radius 1 is 1.00 bits per heavy atom. The Balaban J connectivity index is 1.34. The van der Waals surface area contributed by atoms with Crippen LogP contribution >= 0.6 is 0 Å². The molecule has 4 rings (SSSR count). The van der Waals surface area contributed by atoms with E-state index >= 15 is 0 Å². The molecule has 2 amide bonds. The maximum atomic E-state index is 12.9. The van der Waals surface area contributed by atoms with Gasteiger partial charge in [-0.15, -0.1) is 0 Å². The minimum atomic E-state index is -1.54. The molecular weight excluding hydrogens is 452 g/mol. The Labute approximate surface area is 203 Å². The molecule has 1 heterocycles. The molecule has 35 heavy (non-hydrogen) atoms. The van der Waals surface area contributed by atoms with Crippen LogP contribution in [-0.2, 0) is 19.1 Å². The molecule has 1 fully saturated rings. The van der Waals surface area contributed by atoms with Gasteiger partial charge >= 0.3 is 12.1 Å². The average Bonchev–Trinajstić information content (AvgIpc) is 3.20. The van der Waals surface area contributed by atoms with E-state index in [0.717, 1.165) is 22.3 Å². The number of hydrogen-bond donors (Lipinski definition) is 4. The molecule has 9 nitrogen and oxygen atoms in total. The van der Waals surface area contributed by atoms with Gasteiger partial charge in [0, 0.05) is 38.6 Å². The number of aliphatic hydroxyl groups is 1. The number of ether oxygens (including phenoxy) is 2. The predicted octanol–water partition coefficient (Wildman–Crippen LogP) is 2.27. The first kappa shape index (κ1) is 24.7. The molecule has 0 saturated carbocycles. The number of carbonyl (C=O) groups is 3. The molecule has 4 N–H and O–H groups in total. The van der Waals surface area contributed by atoms with E-state index in [-0.39, 0.29) is 37.9 Å². The monoisotopic (exact) mass is 482 g/mol. The van der Waals surface area contributed by atoms with Crippen molar-refractivity contribution >= 4 is 18.0 Å². The molecule has 1 aliphatic heterocycles. The van der Waals surface area contributed by atoms with Crippen molar-refractivity contribution in [3.05, 3.63) is 59.7 Å². The second kappa shape index (κ2) is 10.9. The Bertz CT molecular complexity index is 1040. The summed E-state index contributed by atoms with van der Waals surface area (Å²) in [5.41, 5.74) is 3.62. The Morgan fingerprint density at radius 3 is 2.20 bits per heavy atom. The van der Waals surface area contributed by atoms with E-state index in [1.807, 2.05) is 36.4 Å². The van der Waals surface area contributed by atoms with Crippen LogP contribution < -0.4 is 10.6 Å². The highest BCUT2D eigenvalue weighted by atomic mass is 16.5. The second-order valence-electron chi connectivity index (χ2n) is 8.97. The third-order valence-electron chi connectivity index (χ3n) is 6.83. The van der Waals surface area contributed by atoms with E-state index in [4.69, 9.17) is 14.6 Å². The molecule has 0 spiro atoms. The third kappa shape index (κ3) is 5.47. The zero-order chi connectivity index (χ0) is 24.8. The Hall–Kier alpha value is -3.43. The van der Waals surface area contributed by atoms with Crippen LogP contribution in [0.3, 0.4) is 0 Å². The molecule has 0 aromatic heterocycles. The lowest BCUT2D eigenvalue weighted by Gasteiger charge is -2.35. The van der Waals surface area contributed by atoms with Crippen molar-refractivity contribution in [3.63, 3.8) is 0 Å². The fraction of sp³-hybridized carbons (Fsp3) is 0.423. The highest BCUT2D eigenvalue weighted by Gasteiger charge is 2.40. The van der Waals surface area contributed by atoms with Crippen molar-refractivity contribution in [3.8, 4) is 11.1 Å². The minimum absolute atomic E-state index is 0.0137. The van der Waals surface area contributed by atoms with Gasteiger partial charge in [-0.25, -0.2) is 9.59 Å². The van der Waals surface area contributed by atoms with Gasteiger partial charge in [0.2, 0.25) is 5.91 Å². The highest BCUT2D eigenvalue weighted by molar-refractivity contribution is 5.84. The summed E-state index contributed by atoms with van der Waals surface area (Å²) >= 11 is 0. The fourth-order valence-corrected chi connectivity index (χ4v) is 4.77. The van der Waals surface area contributed by atoms with Crippen LogP contribution in [0.15, 0.2) is 48.5 Å². The van der Waals surface area contributed by atoms with Gasteiger partial charge in [-0.1, -0.05) is 48.5 Å². The zero-order valence-electron chi connectivity index (χ0n) is 19.4. The molecule has 1 aliphatic carbocycles. The lowest BCUT2D eigenvalue weighted by Crippen LogP contribution is -2.51. The number of fused-ring (bicyclic) bond motifs is 3. The maximum absolute atomic E-state index is 12.9. The van der Waals surface area contributed by atoms with E-state index in [0.29, 0.717) is 26.1 Å². The van der Waals surface area contributed by atoms with Gasteiger partial charge in [-0.05, 0) is 35.1 Å². The summed E-state index contributed by atoms with van der Waals surface area (Å²) in [6.07, 6.45) is -1.44. The van der Waals surface area contributed by atoms with Crippen LogP contribution in [-0.4, -0.2) is 67.2 Å². The van der Waals surface area contributed by atoms with Crippen molar-refractivity contribution < 1.29 is 34.1 Å². The summed E-state index contributed by atoms with van der Waals surface area (Å²) in [5, 5.41) is 23.6. The number of carbonyl (C=O) groups excluding carboxylic acids is 2. The normalized spacial score (nSPS) is 17.1. The average molecular weight is 483 g/mol. The first-order chi connectivity index (χ1) is 16.9. The van der Waals surface area contributed by atoms with Crippen LogP contribution in [0.1, 0.15) is 36.3 Å². The van der Waals surface area contributed by atoms with Crippen molar-refractivity contribution in [1.82, 2.24) is 10.6 Å².